The van der Waals surface area contributed by atoms with Gasteiger partial charge in [0.15, 0.2) is 0 Å². The second-order valence-electron chi connectivity index (χ2n) is 27.0. The number of carbonyl (C=O) groups is 6. The molecule has 2 aromatic heterocycles. The first-order valence-corrected chi connectivity index (χ1v) is 32.9. The van der Waals surface area contributed by atoms with E-state index < -0.39 is 35.6 Å². The first-order valence-electron chi connectivity index (χ1n) is 32.1. The van der Waals surface area contributed by atoms with E-state index >= 15 is 0 Å². The van der Waals surface area contributed by atoms with Gasteiger partial charge in [-0.3, -0.25) is 39.2 Å². The van der Waals surface area contributed by atoms with Gasteiger partial charge in [0.2, 0.25) is 34.4 Å². The highest BCUT2D eigenvalue weighted by molar-refractivity contribution is 7.22. The molecule has 4 saturated carbocycles. The fraction of sp³-hybridized carbons (Fsp3) is 0.544. The Morgan fingerprint density at radius 1 is 0.878 bits per heavy atom. The van der Waals surface area contributed by atoms with Crippen molar-refractivity contribution >= 4 is 96.7 Å². The van der Waals surface area contributed by atoms with Crippen LogP contribution in [0.4, 0.5) is 16.6 Å². The van der Waals surface area contributed by atoms with Crippen LogP contribution in [0.15, 0.2) is 82.4 Å². The number of nitrogens with two attached hydrogens (primary N) is 3. The number of allylic oxidation sites excluding steroid dienone is 1. The number of amidine groups is 2. The zero-order chi connectivity index (χ0) is 64.3. The van der Waals surface area contributed by atoms with Gasteiger partial charge in [-0.15, -0.1) is 0 Å². The number of fused-ring (bicyclic) bond motifs is 3. The van der Waals surface area contributed by atoms with E-state index in [0.717, 1.165) is 98.7 Å². The predicted octanol–water partition coefficient (Wildman–Crippen LogP) is 9.36. The lowest BCUT2D eigenvalue weighted by Crippen LogP contribution is -2.83. The number of likely N-dealkylation sites (N-methyl/N-ethyl adjacent to an activating group) is 1. The average molecular weight is 1250 g/mol. The van der Waals surface area contributed by atoms with Gasteiger partial charge in [0.05, 0.1) is 40.1 Å². The molecule has 2 aliphatic heterocycles. The monoisotopic (exact) mass is 1250 g/mol. The molecule has 4 aromatic rings. The van der Waals surface area contributed by atoms with Crippen molar-refractivity contribution in [2.24, 2.45) is 48.8 Å². The normalized spacial score (nSPS) is 25.7. The number of carboxylic acids is 1. The number of imide groups is 2. The van der Waals surface area contributed by atoms with Gasteiger partial charge in [-0.25, -0.2) is 19.3 Å². The lowest BCUT2D eigenvalue weighted by molar-refractivity contribution is -0.445. The minimum atomic E-state index is -1.22. The van der Waals surface area contributed by atoms with Crippen molar-refractivity contribution in [1.82, 2.24) is 30.0 Å². The Morgan fingerprint density at radius 2 is 1.62 bits per heavy atom. The lowest BCUT2D eigenvalue weighted by Gasteiger charge is -2.83. The molecular formula is C68H90N13O8S+. The van der Waals surface area contributed by atoms with Gasteiger partial charge in [0.25, 0.3) is 17.6 Å². The maximum Gasteiger partial charge on any atom is 0.372 e. The molecule has 90 heavy (non-hydrogen) atoms. The average Bonchev–Trinajstić information content (AvgIpc) is 1.37. The molecule has 4 aliphatic carbocycles. The number of hydrogen-bond donors (Lipinski definition) is 6. The fourth-order valence-corrected chi connectivity index (χ4v) is 17.5. The van der Waals surface area contributed by atoms with Crippen molar-refractivity contribution in [3.63, 3.8) is 0 Å². The number of unbranched alkanes of at least 4 members (excludes halogenated alkanes) is 8. The maximum absolute atomic E-state index is 13.4. The summed E-state index contributed by atoms with van der Waals surface area (Å²) in [6, 6.07) is 15.3. The number of para-hydroxylation sites is 1. The molecule has 1 spiro atoms. The van der Waals surface area contributed by atoms with Crippen molar-refractivity contribution < 1.29 is 43.2 Å². The summed E-state index contributed by atoms with van der Waals surface area (Å²) >= 11 is 1.43. The van der Waals surface area contributed by atoms with E-state index in [1.165, 1.54) is 24.0 Å². The van der Waals surface area contributed by atoms with Gasteiger partial charge in [-0.2, -0.15) is 0 Å². The van der Waals surface area contributed by atoms with Crippen molar-refractivity contribution in [2.75, 3.05) is 65.8 Å². The molecule has 6 unspecified atom stereocenters. The van der Waals surface area contributed by atoms with E-state index in [1.54, 1.807) is 52.8 Å². The number of piperidine rings is 1. The van der Waals surface area contributed by atoms with Crippen LogP contribution in [0.25, 0.3) is 15.8 Å². The number of rotatable bonds is 31. The minimum Gasteiger partial charge on any atom is -0.475 e. The highest BCUT2D eigenvalue weighted by atomic mass is 32.1. The van der Waals surface area contributed by atoms with E-state index in [9.17, 15) is 33.9 Å². The Hall–Kier alpha value is -7.69. The van der Waals surface area contributed by atoms with Gasteiger partial charge < -0.3 is 42.2 Å². The van der Waals surface area contributed by atoms with Crippen LogP contribution in [0.2, 0.25) is 0 Å². The van der Waals surface area contributed by atoms with Crippen LogP contribution in [0, 0.1) is 21.7 Å². The number of aromatic nitrogens is 2. The largest absolute Gasteiger partial charge is 0.475 e. The van der Waals surface area contributed by atoms with Crippen LogP contribution in [-0.4, -0.2) is 159 Å². The van der Waals surface area contributed by atoms with Crippen LogP contribution >= 0.6 is 11.3 Å². The highest BCUT2D eigenvalue weighted by Crippen LogP contribution is 2.95. The second kappa shape index (κ2) is 26.6. The van der Waals surface area contributed by atoms with Crippen molar-refractivity contribution in [3.05, 3.63) is 94.8 Å². The smallest absolute Gasteiger partial charge is 0.372 e. The number of amides is 5. The maximum atomic E-state index is 13.4. The molecule has 6 aliphatic rings. The third-order valence-corrected chi connectivity index (χ3v) is 21.2. The third-order valence-electron chi connectivity index (χ3n) is 20.3. The fourth-order valence-electron chi connectivity index (χ4n) is 16.6. The zero-order valence-corrected chi connectivity index (χ0v) is 54.2. The summed E-state index contributed by atoms with van der Waals surface area (Å²) in [7, 11) is 5.99. The highest BCUT2D eigenvalue weighted by Gasteiger charge is 2.93. The summed E-state index contributed by atoms with van der Waals surface area (Å²) in [5.41, 5.74) is 24.1. The van der Waals surface area contributed by atoms with E-state index in [4.69, 9.17) is 31.9 Å². The summed E-state index contributed by atoms with van der Waals surface area (Å²) in [5.74, 6) is -2.43. The quantitative estimate of drug-likeness (QED) is 0.00899. The van der Waals surface area contributed by atoms with E-state index in [2.05, 4.69) is 53.5 Å². The molecular weight excluding hydrogens is 1160 g/mol. The van der Waals surface area contributed by atoms with Gasteiger partial charge in [-0.05, 0) is 139 Å². The van der Waals surface area contributed by atoms with Crippen LogP contribution in [-0.2, 0) is 19.1 Å². The minimum absolute atomic E-state index is 0.0158. The van der Waals surface area contributed by atoms with E-state index in [-0.39, 0.29) is 74.5 Å². The number of nitrogens with zero attached hydrogens (tertiary/aromatic N) is 8. The molecule has 10 rings (SSSR count). The Balaban J connectivity index is 0.720. The summed E-state index contributed by atoms with van der Waals surface area (Å²) in [4.78, 5) is 102. The Morgan fingerprint density at radius 3 is 2.33 bits per heavy atom. The molecule has 21 nitrogen and oxygen atoms in total. The van der Waals surface area contributed by atoms with Gasteiger partial charge >= 0.3 is 5.97 Å². The zero-order valence-electron chi connectivity index (χ0n) is 53.4. The first-order chi connectivity index (χ1) is 43.0. The Kier molecular flexibility index (Phi) is 19.3. The lowest BCUT2D eigenvalue weighted by atomic mass is 9.23. The molecule has 480 valence electrons. The molecule has 9 N–H and O–H groups in total. The summed E-state index contributed by atoms with van der Waals surface area (Å²) < 4.78 is 9.69. The number of pyridine rings is 1. The molecule has 5 amide bonds. The van der Waals surface area contributed by atoms with Crippen molar-refractivity contribution in [3.8, 4) is 0 Å². The SMILES string of the molecule is CC(=NCC12CC3(C)CC4(C)CC(OCCN(C)C)(C1)C32C4)/C(=C\N)c1ccc([N+](CCCCN(C)C(=O)CCCCCCCCCCNc2cccc3c2C(=O)N(C2CCC(=O)NC2=O)C3=O)=C(N)/C=C(C)\C(N)=N\c2nc3ccccc3s2)nc1C(=O)O. The standard InChI is InChI=1S/C68H89N13O8S/c1-43(58(71)77-63-74-48-22-15-16-24-51(48)90-63)35-52(70)80(53-28-26-45(57(75-53)62(87)88)47(36-69)44(2)73-42-66-40-65(4)37-64(3)38-67(41-66,68(65,66)39-64)89-34-33-78(5)6)32-19-18-31-79(7)55(83)25-14-12-10-8-9-11-13-17-30-72-49-23-20-21-46-56(49)61(86)81(60(46)85)50-27-29-54(82)76-59(50)84/h15-16,20-24,26,28,35-36,50,70H,8-14,17-19,25,27,29-34,37-42H2,1-7H3,(H7,69,71,72,73,74,76,77,82,84,86,87,88)/p+1/b43-35-. The molecule has 22 heteroatoms. The number of carbonyl (C=O) groups excluding carboxylic acids is 5. The van der Waals surface area contributed by atoms with Crippen molar-refractivity contribution in [2.45, 2.75) is 155 Å². The van der Waals surface area contributed by atoms with Gasteiger partial charge in [0, 0.05) is 97.8 Å². The number of ether oxygens (including phenoxy) is 1. The van der Waals surface area contributed by atoms with Crippen LogP contribution in [0.1, 0.15) is 180 Å². The summed E-state index contributed by atoms with van der Waals surface area (Å²) in [6.07, 6.45) is 18.3. The molecule has 2 bridgehead atoms. The molecule has 2 aromatic carbocycles. The first kappa shape index (κ1) is 65.3. The van der Waals surface area contributed by atoms with Crippen LogP contribution in [0.5, 0.6) is 0 Å². The molecule has 6 atom stereocenters. The van der Waals surface area contributed by atoms with E-state index in [1.807, 2.05) is 38.2 Å². The van der Waals surface area contributed by atoms with Gasteiger partial charge in [-0.1, -0.05) is 86.9 Å². The van der Waals surface area contributed by atoms with Gasteiger partial charge in [0.1, 0.15) is 11.9 Å². The number of thiazole rings is 1. The topological polar surface area (TPSA) is 297 Å². The second-order valence-corrected chi connectivity index (χ2v) is 28.0. The number of nitrogens with one attached hydrogen (secondary N) is 2. The summed E-state index contributed by atoms with van der Waals surface area (Å²) in [6.45, 7) is 12.3. The van der Waals surface area contributed by atoms with E-state index in [0.29, 0.717) is 91.1 Å². The predicted molar refractivity (Wildman–Crippen MR) is 351 cm³/mol. The molecule has 5 fully saturated rings. The number of anilines is 1. The van der Waals surface area contributed by atoms with Crippen molar-refractivity contribution in [1.29, 1.82) is 0 Å². The number of benzene rings is 2. The number of carboxylic acid groups (broad SMARTS) is 1. The van der Waals surface area contributed by atoms with Crippen LogP contribution in [0.3, 0.4) is 0 Å². The molecule has 1 saturated heterocycles. The Labute approximate surface area is 531 Å². The van der Waals surface area contributed by atoms with Crippen LogP contribution < -0.4 is 27.8 Å². The molecule has 4 heterocycles. The number of aromatic carboxylic acids is 1. The molecule has 0 radical (unpaired) electrons. The number of aliphatic imine (C=N–C) groups is 2. The Bertz CT molecular complexity index is 3610. The summed E-state index contributed by atoms with van der Waals surface area (Å²) in [5, 5.41) is 16.9. The third kappa shape index (κ3) is 12.6. The number of hydrogen-bond acceptors (Lipinski definition) is 15.